The van der Waals surface area contributed by atoms with Gasteiger partial charge >= 0.3 is 0 Å². The Morgan fingerprint density at radius 2 is 1.83 bits per heavy atom. The molecule has 0 saturated heterocycles. The fourth-order valence-corrected chi connectivity index (χ4v) is 3.03. The van der Waals surface area contributed by atoms with Gasteiger partial charge in [-0.1, -0.05) is 53.2 Å². The van der Waals surface area contributed by atoms with Crippen molar-refractivity contribution in [3.63, 3.8) is 0 Å². The first-order valence-electron chi connectivity index (χ1n) is 9.17. The van der Waals surface area contributed by atoms with Crippen molar-refractivity contribution in [1.29, 1.82) is 0 Å². The predicted octanol–water partition coefficient (Wildman–Crippen LogP) is 5.97. The van der Waals surface area contributed by atoms with Crippen molar-refractivity contribution < 1.29 is 4.84 Å². The second-order valence-corrected chi connectivity index (χ2v) is 6.96. The number of hydrogen-bond acceptors (Lipinski definition) is 5. The predicted molar refractivity (Wildman–Crippen MR) is 118 cm³/mol. The summed E-state index contributed by atoms with van der Waals surface area (Å²) in [5, 5.41) is 9.28. The minimum absolute atomic E-state index is 0.388. The number of halogens is 1. The van der Waals surface area contributed by atoms with E-state index in [0.717, 1.165) is 39.2 Å². The molecule has 0 amide bonds. The Hall–Kier alpha value is -3.44. The van der Waals surface area contributed by atoms with Gasteiger partial charge in [0.1, 0.15) is 18.8 Å². The van der Waals surface area contributed by atoms with Crippen LogP contribution in [0.5, 0.6) is 0 Å². The lowest BCUT2D eigenvalue weighted by molar-refractivity contribution is 0.130. The van der Waals surface area contributed by atoms with Crippen molar-refractivity contribution in [2.24, 2.45) is 5.16 Å². The lowest BCUT2D eigenvalue weighted by atomic mass is 10.1. The number of rotatable bonds is 6. The summed E-state index contributed by atoms with van der Waals surface area (Å²) in [5.41, 5.74) is 4.57. The molecule has 0 aliphatic heterocycles. The summed E-state index contributed by atoms with van der Waals surface area (Å²) >= 11 is 5.90. The van der Waals surface area contributed by atoms with Gasteiger partial charge in [-0.3, -0.25) is 0 Å². The quantitative estimate of drug-likeness (QED) is 0.319. The molecule has 0 atom stereocenters. The molecule has 1 heterocycles. The van der Waals surface area contributed by atoms with E-state index in [1.54, 1.807) is 6.33 Å². The van der Waals surface area contributed by atoms with Crippen LogP contribution in [0.25, 0.3) is 10.9 Å². The van der Waals surface area contributed by atoms with Gasteiger partial charge in [0.2, 0.25) is 0 Å². The van der Waals surface area contributed by atoms with Crippen LogP contribution < -0.4 is 5.32 Å². The van der Waals surface area contributed by atoms with E-state index in [2.05, 4.69) is 20.4 Å². The summed E-state index contributed by atoms with van der Waals surface area (Å²) in [5.74, 6) is 0.765. The van der Waals surface area contributed by atoms with Crippen LogP contribution in [-0.2, 0) is 11.4 Å². The monoisotopic (exact) mass is 402 g/mol. The Balaban J connectivity index is 1.48. The second-order valence-electron chi connectivity index (χ2n) is 6.52. The standard InChI is InChI=1S/C23H19ClN4O/c1-16(28-29-14-17-9-11-19(24)12-10-17)18-5-4-6-20(13-18)27-23-21-7-2-3-8-22(21)25-15-26-23/h2-13,15H,14H2,1H3,(H,25,26,27)/b28-16-. The zero-order valence-corrected chi connectivity index (χ0v) is 16.6. The zero-order chi connectivity index (χ0) is 20.1. The van der Waals surface area contributed by atoms with Crippen LogP contribution >= 0.6 is 11.6 Å². The molecule has 4 rings (SSSR count). The van der Waals surface area contributed by atoms with E-state index in [9.17, 15) is 0 Å². The Morgan fingerprint density at radius 1 is 1.00 bits per heavy atom. The van der Waals surface area contributed by atoms with E-state index in [0.29, 0.717) is 11.6 Å². The highest BCUT2D eigenvalue weighted by atomic mass is 35.5. The normalized spacial score (nSPS) is 11.4. The molecule has 0 spiro atoms. The topological polar surface area (TPSA) is 59.4 Å². The molecule has 144 valence electrons. The van der Waals surface area contributed by atoms with E-state index in [-0.39, 0.29) is 0 Å². The number of benzene rings is 3. The fraction of sp³-hybridized carbons (Fsp3) is 0.0870. The number of nitrogens with one attached hydrogen (secondary N) is 1. The summed E-state index contributed by atoms with van der Waals surface area (Å²) in [6.07, 6.45) is 1.56. The summed E-state index contributed by atoms with van der Waals surface area (Å²) < 4.78 is 0. The number of oxime groups is 1. The molecule has 0 fully saturated rings. The van der Waals surface area contributed by atoms with Crippen molar-refractivity contribution in [2.75, 3.05) is 5.32 Å². The lowest BCUT2D eigenvalue weighted by Crippen LogP contribution is -2.00. The Labute approximate surface area is 174 Å². The molecule has 1 N–H and O–H groups in total. The number of aromatic nitrogens is 2. The Kier molecular flexibility index (Phi) is 5.68. The van der Waals surface area contributed by atoms with Gasteiger partial charge in [-0.15, -0.1) is 0 Å². The summed E-state index contributed by atoms with van der Waals surface area (Å²) in [6, 6.07) is 23.4. The number of fused-ring (bicyclic) bond motifs is 1. The molecule has 5 nitrogen and oxygen atoms in total. The molecule has 29 heavy (non-hydrogen) atoms. The molecular formula is C23H19ClN4O. The number of anilines is 2. The average molecular weight is 403 g/mol. The van der Waals surface area contributed by atoms with E-state index in [4.69, 9.17) is 16.4 Å². The molecule has 0 saturated carbocycles. The molecule has 0 aliphatic rings. The van der Waals surface area contributed by atoms with E-state index in [1.165, 1.54) is 0 Å². The van der Waals surface area contributed by atoms with E-state index >= 15 is 0 Å². The zero-order valence-electron chi connectivity index (χ0n) is 15.8. The molecular weight excluding hydrogens is 384 g/mol. The smallest absolute Gasteiger partial charge is 0.142 e. The number of nitrogens with zero attached hydrogens (tertiary/aromatic N) is 3. The van der Waals surface area contributed by atoms with Gasteiger partial charge < -0.3 is 10.2 Å². The third kappa shape index (κ3) is 4.70. The van der Waals surface area contributed by atoms with E-state index < -0.39 is 0 Å². The third-order valence-corrected chi connectivity index (χ3v) is 4.68. The number of hydrogen-bond donors (Lipinski definition) is 1. The first kappa shape index (κ1) is 18.9. The maximum absolute atomic E-state index is 5.90. The minimum atomic E-state index is 0.388. The van der Waals surface area contributed by atoms with Crippen LogP contribution in [0.4, 0.5) is 11.5 Å². The highest BCUT2D eigenvalue weighted by Gasteiger charge is 2.05. The molecule has 3 aromatic carbocycles. The number of para-hydroxylation sites is 1. The molecule has 1 aromatic heterocycles. The molecule has 0 aliphatic carbocycles. The van der Waals surface area contributed by atoms with Crippen molar-refractivity contribution >= 4 is 39.7 Å². The maximum atomic E-state index is 5.90. The van der Waals surface area contributed by atoms with Crippen LogP contribution in [0.1, 0.15) is 18.1 Å². The fourth-order valence-electron chi connectivity index (χ4n) is 2.90. The highest BCUT2D eigenvalue weighted by molar-refractivity contribution is 6.30. The van der Waals surface area contributed by atoms with E-state index in [1.807, 2.05) is 79.7 Å². The highest BCUT2D eigenvalue weighted by Crippen LogP contribution is 2.23. The van der Waals surface area contributed by atoms with Crippen LogP contribution in [0.15, 0.2) is 84.3 Å². The van der Waals surface area contributed by atoms with Gasteiger partial charge in [0.25, 0.3) is 0 Å². The van der Waals surface area contributed by atoms with Crippen molar-refractivity contribution in [3.8, 4) is 0 Å². The molecule has 4 aromatic rings. The van der Waals surface area contributed by atoms with Gasteiger partial charge in [-0.25, -0.2) is 9.97 Å². The van der Waals surface area contributed by atoms with Crippen LogP contribution in [-0.4, -0.2) is 15.7 Å². The Bertz CT molecular complexity index is 1150. The van der Waals surface area contributed by atoms with Gasteiger partial charge in [-0.05, 0) is 48.9 Å². The van der Waals surface area contributed by atoms with Crippen LogP contribution in [0.3, 0.4) is 0 Å². The van der Waals surface area contributed by atoms with Gasteiger partial charge in [0.05, 0.1) is 11.2 Å². The van der Waals surface area contributed by atoms with Crippen molar-refractivity contribution in [3.05, 3.63) is 95.3 Å². The lowest BCUT2D eigenvalue weighted by Gasteiger charge is -2.10. The van der Waals surface area contributed by atoms with Crippen LogP contribution in [0, 0.1) is 0 Å². The van der Waals surface area contributed by atoms with Gasteiger partial charge in [0, 0.05) is 21.7 Å². The maximum Gasteiger partial charge on any atom is 0.142 e. The second kappa shape index (κ2) is 8.71. The third-order valence-electron chi connectivity index (χ3n) is 4.43. The van der Waals surface area contributed by atoms with Gasteiger partial charge in [0.15, 0.2) is 0 Å². The van der Waals surface area contributed by atoms with Crippen molar-refractivity contribution in [2.45, 2.75) is 13.5 Å². The first-order valence-corrected chi connectivity index (χ1v) is 9.55. The summed E-state index contributed by atoms with van der Waals surface area (Å²) in [4.78, 5) is 14.2. The SMILES string of the molecule is C/C(=N/OCc1ccc(Cl)cc1)c1cccc(Nc2ncnc3ccccc23)c1. The average Bonchev–Trinajstić information content (AvgIpc) is 2.75. The largest absolute Gasteiger partial charge is 0.391 e. The molecule has 0 radical (unpaired) electrons. The molecule has 0 unspecified atom stereocenters. The van der Waals surface area contributed by atoms with Crippen molar-refractivity contribution in [1.82, 2.24) is 9.97 Å². The minimum Gasteiger partial charge on any atom is -0.391 e. The molecule has 0 bridgehead atoms. The Morgan fingerprint density at radius 3 is 2.69 bits per heavy atom. The summed E-state index contributed by atoms with van der Waals surface area (Å²) in [6.45, 7) is 2.31. The van der Waals surface area contributed by atoms with Crippen LogP contribution in [0.2, 0.25) is 5.02 Å². The summed E-state index contributed by atoms with van der Waals surface area (Å²) in [7, 11) is 0. The molecule has 6 heteroatoms. The van der Waals surface area contributed by atoms with Gasteiger partial charge in [-0.2, -0.15) is 0 Å². The first-order chi connectivity index (χ1) is 14.2.